The van der Waals surface area contributed by atoms with Gasteiger partial charge in [-0.05, 0) is 68.9 Å². The van der Waals surface area contributed by atoms with Gasteiger partial charge in [0, 0.05) is 23.8 Å². The first-order chi connectivity index (χ1) is 18.5. The van der Waals surface area contributed by atoms with E-state index in [0.717, 1.165) is 11.1 Å². The van der Waals surface area contributed by atoms with Gasteiger partial charge < -0.3 is 20.2 Å². The van der Waals surface area contributed by atoms with Gasteiger partial charge in [0.2, 0.25) is 0 Å². The summed E-state index contributed by atoms with van der Waals surface area (Å²) >= 11 is 0. The molecular weight excluding hydrogens is 524 g/mol. The van der Waals surface area contributed by atoms with Crippen molar-refractivity contribution in [2.45, 2.75) is 84.1 Å². The normalized spacial score (nSPS) is 12.7. The molecule has 0 radical (unpaired) electrons. The van der Waals surface area contributed by atoms with Crippen LogP contribution < -0.4 is 0 Å². The van der Waals surface area contributed by atoms with E-state index in [2.05, 4.69) is 0 Å². The average molecular weight is 564 g/mol. The topological polar surface area (TPSA) is 116 Å². The van der Waals surface area contributed by atoms with Crippen LogP contribution in [-0.2, 0) is 17.8 Å². The number of hydrogen-bond donors (Lipinski definition) is 3. The second-order valence-corrected chi connectivity index (χ2v) is 10.4. The fraction of sp³-hybridized carbons (Fsp3) is 0.433. The van der Waals surface area contributed by atoms with Crippen LogP contribution in [0.2, 0.25) is 0 Å². The minimum absolute atomic E-state index is 0. The molecule has 1 heterocycles. The summed E-state index contributed by atoms with van der Waals surface area (Å²) in [4.78, 5) is 26.7. The van der Waals surface area contributed by atoms with E-state index in [-0.39, 0.29) is 60.3 Å². The van der Waals surface area contributed by atoms with Crippen LogP contribution in [0.4, 0.5) is 4.39 Å². The summed E-state index contributed by atoms with van der Waals surface area (Å²) in [5.74, 6) is -1.85. The van der Waals surface area contributed by atoms with Crippen molar-refractivity contribution in [1.82, 2.24) is 14.7 Å². The van der Waals surface area contributed by atoms with E-state index < -0.39 is 30.4 Å². The summed E-state index contributed by atoms with van der Waals surface area (Å²) in [5, 5.41) is 34.2. The van der Waals surface area contributed by atoms with E-state index in [1.807, 2.05) is 58.0 Å². The molecule has 0 spiro atoms. The van der Waals surface area contributed by atoms with Crippen LogP contribution in [0.5, 0.6) is 0 Å². The first-order valence-electron chi connectivity index (χ1n) is 13.3. The molecule has 2 atom stereocenters. The Morgan fingerprint density at radius 3 is 2.15 bits per heavy atom. The summed E-state index contributed by atoms with van der Waals surface area (Å²) in [5.41, 5.74) is 3.31. The van der Waals surface area contributed by atoms with Gasteiger partial charge in [0.25, 0.3) is 5.91 Å². The molecule has 8 nitrogen and oxygen atoms in total. The number of benzene rings is 2. The number of hydrogen-bond acceptors (Lipinski definition) is 5. The first-order valence-corrected chi connectivity index (χ1v) is 13.3. The number of halogens is 1. The van der Waals surface area contributed by atoms with Gasteiger partial charge in [0.1, 0.15) is 5.82 Å². The Labute approximate surface area is 257 Å². The summed E-state index contributed by atoms with van der Waals surface area (Å²) in [6, 6.07) is 15.4. The third-order valence-electron chi connectivity index (χ3n) is 6.62. The number of carboxylic acids is 1. The standard InChI is InChI=1S/C30H38FN3O5.Na.H/c1-19(2)28-26(15-14-24(35)16-25(36)17-27(37)38)34(23-12-10-22(31)11-13-23)32-29(28)30(39)33(20(3)4)18-21-8-6-5-7-9-21;;/h5-13,19-20,24-25,35-36H,14-18H2,1-4H3,(H,37,38);;/t24-,25-;;/m1../s1. The van der Waals surface area contributed by atoms with Crippen molar-refractivity contribution in [2.75, 3.05) is 0 Å². The van der Waals surface area contributed by atoms with Crippen molar-refractivity contribution in [3.8, 4) is 5.69 Å². The van der Waals surface area contributed by atoms with Crippen molar-refractivity contribution >= 4 is 41.4 Å². The Morgan fingerprint density at radius 1 is 0.975 bits per heavy atom. The summed E-state index contributed by atoms with van der Waals surface area (Å²) in [7, 11) is 0. The molecule has 0 unspecified atom stereocenters. The zero-order valence-corrected chi connectivity index (χ0v) is 22.9. The fourth-order valence-corrected chi connectivity index (χ4v) is 4.69. The second kappa shape index (κ2) is 15.4. The molecule has 0 saturated heterocycles. The van der Waals surface area contributed by atoms with Crippen LogP contribution in [0, 0.1) is 5.82 Å². The molecule has 10 heteroatoms. The number of carboxylic acid groups (broad SMARTS) is 1. The molecule has 0 saturated carbocycles. The summed E-state index contributed by atoms with van der Waals surface area (Å²) in [6.45, 7) is 8.25. The van der Waals surface area contributed by atoms with Crippen LogP contribution in [0.1, 0.15) is 80.2 Å². The molecule has 1 amide bonds. The number of carbonyl (C=O) groups excluding carboxylic acids is 1. The van der Waals surface area contributed by atoms with Crippen molar-refractivity contribution in [2.24, 2.45) is 0 Å². The number of nitrogens with zero attached hydrogens (tertiary/aromatic N) is 3. The molecule has 212 valence electrons. The Balaban J connectivity index is 0.00000560. The number of aliphatic hydroxyl groups excluding tert-OH is 2. The van der Waals surface area contributed by atoms with Gasteiger partial charge >= 0.3 is 35.5 Å². The van der Waals surface area contributed by atoms with Crippen molar-refractivity contribution in [3.05, 3.63) is 82.9 Å². The molecule has 1 aromatic heterocycles. The van der Waals surface area contributed by atoms with E-state index in [1.165, 1.54) is 12.1 Å². The molecule has 0 aliphatic heterocycles. The van der Waals surface area contributed by atoms with Gasteiger partial charge in [-0.2, -0.15) is 5.10 Å². The molecular formula is C30H39FN3NaO5. The molecule has 0 bridgehead atoms. The van der Waals surface area contributed by atoms with E-state index in [9.17, 15) is 24.2 Å². The van der Waals surface area contributed by atoms with E-state index in [1.54, 1.807) is 21.7 Å². The number of rotatable bonds is 13. The predicted octanol–water partition coefficient (Wildman–Crippen LogP) is 4.06. The maximum absolute atomic E-state index is 14.0. The Kier molecular flexibility index (Phi) is 13.0. The summed E-state index contributed by atoms with van der Waals surface area (Å²) < 4.78 is 15.4. The molecule has 3 N–H and O–H groups in total. The molecule has 0 aliphatic rings. The van der Waals surface area contributed by atoms with Crippen LogP contribution in [0.15, 0.2) is 54.6 Å². The Hall–Kier alpha value is -2.56. The SMILES string of the molecule is CC(C)c1c(C(=O)N(Cc2ccccc2)C(C)C)nn(-c2ccc(F)cc2)c1CC[C@@H](O)C[C@@H](O)CC(=O)O.[NaH]. The number of carbonyl (C=O) groups is 2. The van der Waals surface area contributed by atoms with Gasteiger partial charge in [-0.1, -0.05) is 44.2 Å². The van der Waals surface area contributed by atoms with E-state index in [0.29, 0.717) is 30.0 Å². The second-order valence-electron chi connectivity index (χ2n) is 10.4. The van der Waals surface area contributed by atoms with Gasteiger partial charge in [-0.25, -0.2) is 9.07 Å². The quantitative estimate of drug-likeness (QED) is 0.270. The Morgan fingerprint density at radius 2 is 1.60 bits per heavy atom. The predicted molar refractivity (Wildman–Crippen MR) is 153 cm³/mol. The Bertz CT molecular complexity index is 1250. The number of amides is 1. The average Bonchev–Trinajstić information content (AvgIpc) is 3.26. The first kappa shape index (κ1) is 33.6. The van der Waals surface area contributed by atoms with Crippen molar-refractivity contribution in [3.63, 3.8) is 0 Å². The molecule has 2 aromatic carbocycles. The molecule has 40 heavy (non-hydrogen) atoms. The van der Waals surface area contributed by atoms with Gasteiger partial charge in [-0.15, -0.1) is 0 Å². The molecule has 3 aromatic rings. The van der Waals surface area contributed by atoms with Gasteiger partial charge in [0.05, 0.1) is 24.3 Å². The number of aliphatic hydroxyl groups is 2. The third kappa shape index (κ3) is 8.97. The van der Waals surface area contributed by atoms with Crippen molar-refractivity contribution < 1.29 is 29.3 Å². The molecule has 0 aliphatic carbocycles. The monoisotopic (exact) mass is 563 g/mol. The van der Waals surface area contributed by atoms with Gasteiger partial charge in [-0.3, -0.25) is 9.59 Å². The van der Waals surface area contributed by atoms with Crippen molar-refractivity contribution in [1.29, 1.82) is 0 Å². The number of aromatic nitrogens is 2. The minimum atomic E-state index is -1.17. The molecule has 3 rings (SSSR count). The van der Waals surface area contributed by atoms with Crippen LogP contribution in [0.25, 0.3) is 5.69 Å². The van der Waals surface area contributed by atoms with Crippen LogP contribution >= 0.6 is 0 Å². The van der Waals surface area contributed by atoms with Gasteiger partial charge in [0.15, 0.2) is 5.69 Å². The van der Waals surface area contributed by atoms with E-state index >= 15 is 0 Å². The van der Waals surface area contributed by atoms with Crippen LogP contribution in [0.3, 0.4) is 0 Å². The summed E-state index contributed by atoms with van der Waals surface area (Å²) in [6.07, 6.45) is -2.13. The maximum atomic E-state index is 14.0. The third-order valence-corrected chi connectivity index (χ3v) is 6.62. The van der Waals surface area contributed by atoms with E-state index in [4.69, 9.17) is 10.2 Å². The number of aliphatic carboxylic acids is 1. The van der Waals surface area contributed by atoms with Crippen LogP contribution in [-0.4, -0.2) is 89.7 Å². The zero-order chi connectivity index (χ0) is 28.7. The molecule has 0 fully saturated rings. The fourth-order valence-electron chi connectivity index (χ4n) is 4.69. The zero-order valence-electron chi connectivity index (χ0n) is 22.9.